The predicted molar refractivity (Wildman–Crippen MR) is 70.2 cm³/mol. The van der Waals surface area contributed by atoms with Crippen LogP contribution in [0.5, 0.6) is 0 Å². The van der Waals surface area contributed by atoms with Crippen LogP contribution >= 0.6 is 0 Å². The molecule has 0 aromatic rings. The highest BCUT2D eigenvalue weighted by molar-refractivity contribution is 5.85. The minimum atomic E-state index is -0.857. The van der Waals surface area contributed by atoms with Gasteiger partial charge in [-0.25, -0.2) is 0 Å². The molecular weight excluding hydrogens is 230 g/mol. The second-order valence-corrected chi connectivity index (χ2v) is 4.77. The highest BCUT2D eigenvalue weighted by Crippen LogP contribution is 2.27. The summed E-state index contributed by atoms with van der Waals surface area (Å²) in [5, 5.41) is 9.18. The molecule has 1 N–H and O–H groups in total. The van der Waals surface area contributed by atoms with E-state index in [4.69, 9.17) is 0 Å². The first-order chi connectivity index (χ1) is 8.61. The van der Waals surface area contributed by atoms with Crippen molar-refractivity contribution < 1.29 is 14.7 Å². The van der Waals surface area contributed by atoms with Crippen LogP contribution in [0.4, 0.5) is 0 Å². The van der Waals surface area contributed by atoms with Crippen LogP contribution in [0.2, 0.25) is 0 Å². The van der Waals surface area contributed by atoms with E-state index in [0.717, 1.165) is 19.4 Å². The van der Waals surface area contributed by atoms with Gasteiger partial charge in [0.2, 0.25) is 5.91 Å². The van der Waals surface area contributed by atoms with E-state index in [-0.39, 0.29) is 11.8 Å². The molecule has 0 spiro atoms. The Balaban J connectivity index is 2.72. The van der Waals surface area contributed by atoms with Crippen molar-refractivity contribution in [1.82, 2.24) is 4.90 Å². The molecule has 1 amide bonds. The molecular formula is C14H23NO3. The van der Waals surface area contributed by atoms with Gasteiger partial charge in [-0.3, -0.25) is 9.59 Å². The summed E-state index contributed by atoms with van der Waals surface area (Å²) in [6.45, 7) is 5.42. The number of carboxylic acids is 1. The monoisotopic (exact) mass is 253 g/mol. The molecule has 0 saturated carbocycles. The predicted octanol–water partition coefficient (Wildman–Crippen LogP) is 2.30. The summed E-state index contributed by atoms with van der Waals surface area (Å²) in [5.41, 5.74) is 0. The third-order valence-electron chi connectivity index (χ3n) is 3.54. The highest BCUT2D eigenvalue weighted by Gasteiger charge is 2.35. The van der Waals surface area contributed by atoms with Gasteiger partial charge in [-0.2, -0.15) is 0 Å². The summed E-state index contributed by atoms with van der Waals surface area (Å²) < 4.78 is 0. The fraction of sp³-hybridized carbons (Fsp3) is 0.714. The SMILES string of the molecule is CCCCN(CC)C(=O)C1CC=CCC1C(=O)O. The molecule has 0 aliphatic heterocycles. The van der Waals surface area contributed by atoms with Gasteiger partial charge in [0, 0.05) is 13.1 Å². The van der Waals surface area contributed by atoms with Crippen molar-refractivity contribution in [2.45, 2.75) is 39.5 Å². The fourth-order valence-corrected chi connectivity index (χ4v) is 2.37. The summed E-state index contributed by atoms with van der Waals surface area (Å²) >= 11 is 0. The number of carbonyl (C=O) groups is 2. The zero-order valence-corrected chi connectivity index (χ0v) is 11.3. The van der Waals surface area contributed by atoms with E-state index in [0.29, 0.717) is 19.4 Å². The van der Waals surface area contributed by atoms with Crippen LogP contribution in [-0.4, -0.2) is 35.0 Å². The van der Waals surface area contributed by atoms with E-state index in [1.807, 2.05) is 19.1 Å². The molecule has 2 unspecified atom stereocenters. The summed E-state index contributed by atoms with van der Waals surface area (Å²) in [5.74, 6) is -1.80. The van der Waals surface area contributed by atoms with Crippen molar-refractivity contribution in [3.05, 3.63) is 12.2 Å². The van der Waals surface area contributed by atoms with Gasteiger partial charge in [0.25, 0.3) is 0 Å². The van der Waals surface area contributed by atoms with E-state index in [1.54, 1.807) is 4.90 Å². The lowest BCUT2D eigenvalue weighted by atomic mass is 9.82. The minimum Gasteiger partial charge on any atom is -0.481 e. The molecule has 0 bridgehead atoms. The van der Waals surface area contributed by atoms with E-state index in [2.05, 4.69) is 6.92 Å². The zero-order valence-electron chi connectivity index (χ0n) is 11.3. The largest absolute Gasteiger partial charge is 0.481 e. The molecule has 1 aliphatic rings. The van der Waals surface area contributed by atoms with Crippen LogP contribution in [0.3, 0.4) is 0 Å². The molecule has 0 heterocycles. The van der Waals surface area contributed by atoms with E-state index >= 15 is 0 Å². The lowest BCUT2D eigenvalue weighted by Gasteiger charge is -2.30. The van der Waals surface area contributed by atoms with Crippen molar-refractivity contribution in [1.29, 1.82) is 0 Å². The summed E-state index contributed by atoms with van der Waals surface area (Å²) in [4.78, 5) is 25.4. The van der Waals surface area contributed by atoms with Crippen molar-refractivity contribution in [2.75, 3.05) is 13.1 Å². The molecule has 1 aliphatic carbocycles. The molecule has 0 radical (unpaired) electrons. The van der Waals surface area contributed by atoms with Gasteiger partial charge in [0.05, 0.1) is 11.8 Å². The minimum absolute atomic E-state index is 0.00250. The Morgan fingerprint density at radius 1 is 1.22 bits per heavy atom. The maximum Gasteiger partial charge on any atom is 0.307 e. The van der Waals surface area contributed by atoms with Crippen LogP contribution in [0, 0.1) is 11.8 Å². The van der Waals surface area contributed by atoms with E-state index in [9.17, 15) is 14.7 Å². The molecule has 0 aromatic carbocycles. The number of nitrogens with zero attached hydrogens (tertiary/aromatic N) is 1. The molecule has 4 nitrogen and oxygen atoms in total. The van der Waals surface area contributed by atoms with Gasteiger partial charge in [0.1, 0.15) is 0 Å². The Bertz CT molecular complexity index is 325. The highest BCUT2D eigenvalue weighted by atomic mass is 16.4. The molecule has 2 atom stereocenters. The van der Waals surface area contributed by atoms with E-state index < -0.39 is 11.9 Å². The van der Waals surface area contributed by atoms with Gasteiger partial charge in [-0.05, 0) is 26.2 Å². The van der Waals surface area contributed by atoms with Crippen LogP contribution in [0.1, 0.15) is 39.5 Å². The van der Waals surface area contributed by atoms with E-state index in [1.165, 1.54) is 0 Å². The lowest BCUT2D eigenvalue weighted by molar-refractivity contribution is -0.150. The lowest BCUT2D eigenvalue weighted by Crippen LogP contribution is -2.42. The summed E-state index contributed by atoms with van der Waals surface area (Å²) in [7, 11) is 0. The first-order valence-electron chi connectivity index (χ1n) is 6.78. The van der Waals surface area contributed by atoms with Crippen LogP contribution < -0.4 is 0 Å². The number of carbonyl (C=O) groups excluding carboxylic acids is 1. The Hall–Kier alpha value is -1.32. The normalized spacial score (nSPS) is 22.8. The van der Waals surface area contributed by atoms with Crippen LogP contribution in [0.25, 0.3) is 0 Å². The number of rotatable bonds is 6. The Kier molecular flexibility index (Phi) is 5.89. The second kappa shape index (κ2) is 7.19. The maximum atomic E-state index is 12.4. The molecule has 0 aromatic heterocycles. The number of allylic oxidation sites excluding steroid dienone is 2. The van der Waals surface area contributed by atoms with Gasteiger partial charge < -0.3 is 10.0 Å². The number of hydrogen-bond donors (Lipinski definition) is 1. The third kappa shape index (κ3) is 3.59. The quantitative estimate of drug-likeness (QED) is 0.739. The van der Waals surface area contributed by atoms with Crippen molar-refractivity contribution in [2.24, 2.45) is 11.8 Å². The van der Waals surface area contributed by atoms with Crippen LogP contribution in [-0.2, 0) is 9.59 Å². The van der Waals surface area contributed by atoms with Gasteiger partial charge in [-0.1, -0.05) is 25.5 Å². The van der Waals surface area contributed by atoms with Crippen molar-refractivity contribution >= 4 is 11.9 Å². The third-order valence-corrected chi connectivity index (χ3v) is 3.54. The Morgan fingerprint density at radius 3 is 2.33 bits per heavy atom. The summed E-state index contributed by atoms with van der Waals surface area (Å²) in [6, 6.07) is 0. The molecule has 102 valence electrons. The van der Waals surface area contributed by atoms with Crippen molar-refractivity contribution in [3.63, 3.8) is 0 Å². The van der Waals surface area contributed by atoms with Crippen LogP contribution in [0.15, 0.2) is 12.2 Å². The first kappa shape index (κ1) is 14.7. The first-order valence-corrected chi connectivity index (χ1v) is 6.78. The Labute approximate surface area is 109 Å². The average molecular weight is 253 g/mol. The molecule has 0 fully saturated rings. The summed E-state index contributed by atoms with van der Waals surface area (Å²) in [6.07, 6.45) is 6.83. The van der Waals surface area contributed by atoms with Crippen molar-refractivity contribution in [3.8, 4) is 0 Å². The zero-order chi connectivity index (χ0) is 13.5. The number of amides is 1. The van der Waals surface area contributed by atoms with Gasteiger partial charge >= 0.3 is 5.97 Å². The number of hydrogen-bond acceptors (Lipinski definition) is 2. The standard InChI is InChI=1S/C14H23NO3/c1-3-5-10-15(4-2)13(16)11-8-6-7-9-12(11)14(17)18/h6-7,11-12H,3-5,8-10H2,1-2H3,(H,17,18). The molecule has 4 heteroatoms. The van der Waals surface area contributed by atoms with Gasteiger partial charge in [-0.15, -0.1) is 0 Å². The Morgan fingerprint density at radius 2 is 1.83 bits per heavy atom. The smallest absolute Gasteiger partial charge is 0.307 e. The molecule has 0 saturated heterocycles. The topological polar surface area (TPSA) is 57.6 Å². The second-order valence-electron chi connectivity index (χ2n) is 4.77. The average Bonchev–Trinajstić information content (AvgIpc) is 2.39. The van der Waals surface area contributed by atoms with Gasteiger partial charge in [0.15, 0.2) is 0 Å². The number of carboxylic acid groups (broad SMARTS) is 1. The molecule has 1 rings (SSSR count). The fourth-order valence-electron chi connectivity index (χ4n) is 2.37. The number of aliphatic carboxylic acids is 1. The molecule has 18 heavy (non-hydrogen) atoms. The number of unbranched alkanes of at least 4 members (excludes halogenated alkanes) is 1. The maximum absolute atomic E-state index is 12.4.